The molecule has 3 aromatic rings. The average Bonchev–Trinajstić information content (AvgIpc) is 3.47. The highest BCUT2D eigenvalue weighted by molar-refractivity contribution is 6.33. The van der Waals surface area contributed by atoms with Crippen LogP contribution < -0.4 is 0 Å². The number of likely N-dealkylation sites (tertiary alicyclic amines) is 1. The number of carboxylic acids is 1. The van der Waals surface area contributed by atoms with Crippen LogP contribution in [0.4, 0.5) is 0 Å². The number of aliphatic carboxylic acids is 1. The van der Waals surface area contributed by atoms with Crippen molar-refractivity contribution in [2.24, 2.45) is 13.0 Å². The van der Waals surface area contributed by atoms with E-state index in [2.05, 4.69) is 0 Å². The molecule has 0 aliphatic carbocycles. The lowest BCUT2D eigenvalue weighted by atomic mass is 10.1. The van der Waals surface area contributed by atoms with Gasteiger partial charge >= 0.3 is 5.97 Å². The number of carboxylic acid groups (broad SMARTS) is 1. The van der Waals surface area contributed by atoms with Crippen molar-refractivity contribution in [3.8, 4) is 11.3 Å². The van der Waals surface area contributed by atoms with Crippen LogP contribution in [0, 0.1) is 5.92 Å². The van der Waals surface area contributed by atoms with Gasteiger partial charge in [-0.25, -0.2) is 0 Å². The normalized spacial score (nSPS) is 15.4. The molecule has 2 heterocycles. The minimum absolute atomic E-state index is 0.125. The molecule has 1 amide bonds. The highest BCUT2D eigenvalue weighted by atomic mass is 35.5. The van der Waals surface area contributed by atoms with Crippen LogP contribution >= 0.6 is 23.2 Å². The van der Waals surface area contributed by atoms with Crippen LogP contribution in [0.5, 0.6) is 0 Å². The minimum atomic E-state index is -0.854. The summed E-state index contributed by atoms with van der Waals surface area (Å²) in [4.78, 5) is 26.6. The third-order valence-corrected chi connectivity index (χ3v) is 7.24. The Morgan fingerprint density at radius 2 is 1.89 bits per heavy atom. The second kappa shape index (κ2) is 12.0. The van der Waals surface area contributed by atoms with Gasteiger partial charge in [0.2, 0.25) is 0 Å². The van der Waals surface area contributed by atoms with Crippen molar-refractivity contribution in [2.45, 2.75) is 32.3 Å². The molecule has 1 fully saturated rings. The van der Waals surface area contributed by atoms with E-state index in [-0.39, 0.29) is 12.5 Å². The van der Waals surface area contributed by atoms with Gasteiger partial charge in [-0.2, -0.15) is 0 Å². The van der Waals surface area contributed by atoms with Crippen molar-refractivity contribution < 1.29 is 19.4 Å². The van der Waals surface area contributed by atoms with Crippen LogP contribution in [0.3, 0.4) is 0 Å². The minimum Gasteiger partial charge on any atom is -0.481 e. The standard InChI is InChI=1S/C28H30Cl2N2O4/c1-31-25(11-4-5-14-36-18-19-7-6-8-21(29)15-19)23(16-26(31)22-9-2-3-10-24(22)30)27(33)32-13-12-20(17-32)28(34)35/h2-3,6-10,15-16,20H,4-5,11-14,17-18H2,1H3,(H,34,35)/t20-/m0/s1. The number of hydrogen-bond acceptors (Lipinski definition) is 3. The van der Waals surface area contributed by atoms with E-state index in [1.165, 1.54) is 0 Å². The van der Waals surface area contributed by atoms with E-state index in [1.54, 1.807) is 4.90 Å². The monoisotopic (exact) mass is 528 g/mol. The number of halogens is 2. The summed E-state index contributed by atoms with van der Waals surface area (Å²) in [6.07, 6.45) is 2.85. The van der Waals surface area contributed by atoms with E-state index < -0.39 is 11.9 Å². The molecular formula is C28H30Cl2N2O4. The molecule has 190 valence electrons. The summed E-state index contributed by atoms with van der Waals surface area (Å²) in [6, 6.07) is 17.1. The van der Waals surface area contributed by atoms with Gasteiger partial charge < -0.3 is 19.3 Å². The molecule has 2 aromatic carbocycles. The third kappa shape index (κ3) is 6.12. The molecule has 1 N–H and O–H groups in total. The first kappa shape index (κ1) is 26.3. The fourth-order valence-corrected chi connectivity index (χ4v) is 5.13. The van der Waals surface area contributed by atoms with Crippen molar-refractivity contribution in [1.29, 1.82) is 0 Å². The number of unbranched alkanes of at least 4 members (excludes halogenated alkanes) is 1. The van der Waals surface area contributed by atoms with Gasteiger partial charge in [-0.05, 0) is 55.5 Å². The Kier molecular flexibility index (Phi) is 8.72. The molecule has 0 radical (unpaired) electrons. The molecule has 0 saturated carbocycles. The van der Waals surface area contributed by atoms with Crippen LogP contribution in [0.15, 0.2) is 54.6 Å². The molecule has 36 heavy (non-hydrogen) atoms. The van der Waals surface area contributed by atoms with Gasteiger partial charge in [0, 0.05) is 48.0 Å². The van der Waals surface area contributed by atoms with Crippen LogP contribution in [-0.2, 0) is 29.6 Å². The van der Waals surface area contributed by atoms with Crippen molar-refractivity contribution in [3.63, 3.8) is 0 Å². The van der Waals surface area contributed by atoms with Gasteiger partial charge in [0.25, 0.3) is 5.91 Å². The van der Waals surface area contributed by atoms with Crippen molar-refractivity contribution in [1.82, 2.24) is 9.47 Å². The van der Waals surface area contributed by atoms with Gasteiger partial charge in [-0.3, -0.25) is 9.59 Å². The maximum Gasteiger partial charge on any atom is 0.308 e. The second-order valence-corrected chi connectivity index (χ2v) is 9.99. The zero-order chi connectivity index (χ0) is 25.7. The lowest BCUT2D eigenvalue weighted by molar-refractivity contribution is -0.141. The quantitative estimate of drug-likeness (QED) is 0.323. The number of aromatic nitrogens is 1. The Labute approximate surface area is 221 Å². The lowest BCUT2D eigenvalue weighted by Crippen LogP contribution is -2.30. The Morgan fingerprint density at radius 1 is 1.08 bits per heavy atom. The van der Waals surface area contributed by atoms with Crippen LogP contribution in [-0.4, -0.2) is 46.1 Å². The van der Waals surface area contributed by atoms with Crippen LogP contribution in [0.25, 0.3) is 11.3 Å². The van der Waals surface area contributed by atoms with Gasteiger partial charge in [0.05, 0.1) is 23.8 Å². The molecule has 0 spiro atoms. The lowest BCUT2D eigenvalue weighted by Gasteiger charge is -2.17. The summed E-state index contributed by atoms with van der Waals surface area (Å²) in [6.45, 7) is 1.79. The first-order valence-electron chi connectivity index (χ1n) is 12.1. The Morgan fingerprint density at radius 3 is 2.61 bits per heavy atom. The predicted molar refractivity (Wildman–Crippen MR) is 142 cm³/mol. The van der Waals surface area contributed by atoms with Gasteiger partial charge in [0.1, 0.15) is 0 Å². The summed E-state index contributed by atoms with van der Waals surface area (Å²) in [5.41, 5.74) is 4.29. The van der Waals surface area contributed by atoms with Gasteiger partial charge in [-0.1, -0.05) is 53.5 Å². The molecule has 4 rings (SSSR count). The Hall–Kier alpha value is -2.80. The van der Waals surface area contributed by atoms with E-state index in [4.69, 9.17) is 27.9 Å². The zero-order valence-electron chi connectivity index (χ0n) is 20.3. The van der Waals surface area contributed by atoms with E-state index >= 15 is 0 Å². The molecule has 1 aromatic heterocycles. The SMILES string of the molecule is Cn1c(-c2ccccc2Cl)cc(C(=O)N2CC[C@H](C(=O)O)C2)c1CCCCOCc1cccc(Cl)c1. The van der Waals surface area contributed by atoms with Crippen molar-refractivity contribution in [3.05, 3.63) is 81.5 Å². The Bertz CT molecular complexity index is 1240. The third-order valence-electron chi connectivity index (χ3n) is 6.67. The number of ether oxygens (including phenoxy) is 1. The van der Waals surface area contributed by atoms with E-state index in [1.807, 2.05) is 66.2 Å². The summed E-state index contributed by atoms with van der Waals surface area (Å²) in [5.74, 6) is -1.49. The number of benzene rings is 2. The molecule has 1 aliphatic heterocycles. The molecule has 0 unspecified atom stereocenters. The number of nitrogens with zero attached hydrogens (tertiary/aromatic N) is 2. The van der Waals surface area contributed by atoms with E-state index in [0.717, 1.165) is 35.4 Å². The number of amides is 1. The molecule has 1 saturated heterocycles. The fourth-order valence-electron chi connectivity index (χ4n) is 4.69. The summed E-state index contributed by atoms with van der Waals surface area (Å²) in [7, 11) is 1.95. The zero-order valence-corrected chi connectivity index (χ0v) is 21.8. The summed E-state index contributed by atoms with van der Waals surface area (Å²) in [5, 5.41) is 10.7. The van der Waals surface area contributed by atoms with E-state index in [9.17, 15) is 14.7 Å². The topological polar surface area (TPSA) is 71.8 Å². The first-order chi connectivity index (χ1) is 17.3. The second-order valence-electron chi connectivity index (χ2n) is 9.14. The molecule has 6 nitrogen and oxygen atoms in total. The average molecular weight is 529 g/mol. The number of carbonyl (C=O) groups is 2. The van der Waals surface area contributed by atoms with Crippen LogP contribution in [0.1, 0.15) is 40.9 Å². The number of rotatable bonds is 10. The maximum absolute atomic E-state index is 13.5. The first-order valence-corrected chi connectivity index (χ1v) is 12.9. The fraction of sp³-hybridized carbons (Fsp3) is 0.357. The largest absolute Gasteiger partial charge is 0.481 e. The summed E-state index contributed by atoms with van der Waals surface area (Å²) < 4.78 is 7.85. The smallest absolute Gasteiger partial charge is 0.308 e. The molecule has 1 atom stereocenters. The number of carbonyl (C=O) groups excluding carboxylic acids is 1. The molecule has 0 bridgehead atoms. The maximum atomic E-state index is 13.5. The molecule has 8 heteroatoms. The van der Waals surface area contributed by atoms with E-state index in [0.29, 0.717) is 48.2 Å². The molecule has 1 aliphatic rings. The van der Waals surface area contributed by atoms with Crippen molar-refractivity contribution >= 4 is 35.1 Å². The number of hydrogen-bond donors (Lipinski definition) is 1. The van der Waals surface area contributed by atoms with Crippen molar-refractivity contribution in [2.75, 3.05) is 19.7 Å². The highest BCUT2D eigenvalue weighted by Gasteiger charge is 2.33. The van der Waals surface area contributed by atoms with Gasteiger partial charge in [-0.15, -0.1) is 0 Å². The van der Waals surface area contributed by atoms with Gasteiger partial charge in [0.15, 0.2) is 0 Å². The Balaban J connectivity index is 1.46. The van der Waals surface area contributed by atoms with Crippen LogP contribution in [0.2, 0.25) is 10.0 Å². The highest BCUT2D eigenvalue weighted by Crippen LogP contribution is 2.32. The predicted octanol–water partition coefficient (Wildman–Crippen LogP) is 6.09. The summed E-state index contributed by atoms with van der Waals surface area (Å²) >= 11 is 12.5. The molecular weight excluding hydrogens is 499 g/mol.